The van der Waals surface area contributed by atoms with Gasteiger partial charge in [0.1, 0.15) is 11.3 Å². The average Bonchev–Trinajstić information content (AvgIpc) is 2.68. The highest BCUT2D eigenvalue weighted by atomic mass is 32.2. The number of carbonyl (C=O) groups excluding carboxylic acids is 1. The Kier molecular flexibility index (Phi) is 6.68. The van der Waals surface area contributed by atoms with Crippen LogP contribution < -0.4 is 4.74 Å². The van der Waals surface area contributed by atoms with Crippen LogP contribution in [0, 0.1) is 6.92 Å². The Bertz CT molecular complexity index is 790. The van der Waals surface area contributed by atoms with E-state index in [1.165, 1.54) is 19.3 Å². The maximum atomic E-state index is 12.5. The monoisotopic (exact) mass is 387 g/mol. The number of hydrogen-bond donors (Lipinski definition) is 0. The van der Waals surface area contributed by atoms with Crippen molar-refractivity contribution in [3.8, 4) is 17.0 Å². The van der Waals surface area contributed by atoms with Gasteiger partial charge in [-0.15, -0.1) is 0 Å². The average molecular weight is 388 g/mol. The van der Waals surface area contributed by atoms with Gasteiger partial charge in [0.15, 0.2) is 0 Å². The summed E-state index contributed by atoms with van der Waals surface area (Å²) < 4.78 is 12.8. The Hall–Kier alpha value is -2.12. The van der Waals surface area contributed by atoms with Gasteiger partial charge in [0.05, 0.1) is 25.1 Å². The minimum atomic E-state index is -0.393. The number of carbonyl (C=O) groups is 1. The highest BCUT2D eigenvalue weighted by Gasteiger charge is 2.22. The van der Waals surface area contributed by atoms with Crippen molar-refractivity contribution >= 4 is 17.9 Å². The van der Waals surface area contributed by atoms with Gasteiger partial charge in [-0.25, -0.2) is 19.1 Å². The quantitative estimate of drug-likeness (QED) is 0.419. The normalized spacial score (nSPS) is 14.8. The second kappa shape index (κ2) is 9.19. The maximum absolute atomic E-state index is 12.5. The zero-order valence-corrected chi connectivity index (χ0v) is 16.8. The second-order valence-electron chi connectivity index (χ2n) is 6.35. The molecule has 0 saturated carbocycles. The van der Waals surface area contributed by atoms with E-state index in [1.54, 1.807) is 26.0 Å². The Morgan fingerprint density at radius 1 is 1.15 bits per heavy atom. The van der Waals surface area contributed by atoms with Gasteiger partial charge in [-0.05, 0) is 62.9 Å². The van der Waals surface area contributed by atoms with E-state index in [1.807, 2.05) is 31.2 Å². The molecule has 0 aliphatic carbocycles. The van der Waals surface area contributed by atoms with E-state index >= 15 is 0 Å². The first-order valence-electron chi connectivity index (χ1n) is 9.25. The van der Waals surface area contributed by atoms with Crippen molar-refractivity contribution in [2.45, 2.75) is 38.3 Å². The molecule has 1 aliphatic heterocycles. The molecule has 1 aliphatic rings. The molecule has 1 fully saturated rings. The van der Waals surface area contributed by atoms with Crippen molar-refractivity contribution in [1.82, 2.24) is 14.3 Å². The van der Waals surface area contributed by atoms with Crippen molar-refractivity contribution < 1.29 is 14.3 Å². The third-order valence-electron chi connectivity index (χ3n) is 4.44. The summed E-state index contributed by atoms with van der Waals surface area (Å²) in [7, 11) is 1.63. The highest BCUT2D eigenvalue weighted by molar-refractivity contribution is 7.96. The third kappa shape index (κ3) is 4.78. The number of benzene rings is 1. The predicted molar refractivity (Wildman–Crippen MR) is 106 cm³/mol. The molecular formula is C20H25N3O3S. The maximum Gasteiger partial charge on any atom is 0.342 e. The Morgan fingerprint density at radius 2 is 1.85 bits per heavy atom. The first kappa shape index (κ1) is 19.6. The molecule has 27 heavy (non-hydrogen) atoms. The van der Waals surface area contributed by atoms with Crippen LogP contribution in [0.1, 0.15) is 42.2 Å². The van der Waals surface area contributed by atoms with Gasteiger partial charge in [0.2, 0.25) is 5.16 Å². The summed E-state index contributed by atoms with van der Waals surface area (Å²) in [4.78, 5) is 21.8. The van der Waals surface area contributed by atoms with Crippen LogP contribution in [0.2, 0.25) is 0 Å². The van der Waals surface area contributed by atoms with E-state index in [9.17, 15) is 4.79 Å². The number of hydrogen-bond acceptors (Lipinski definition) is 7. The first-order chi connectivity index (χ1) is 13.1. The fraction of sp³-hybridized carbons (Fsp3) is 0.450. The van der Waals surface area contributed by atoms with Crippen molar-refractivity contribution in [3.05, 3.63) is 35.5 Å². The topological polar surface area (TPSA) is 64.5 Å². The smallest absolute Gasteiger partial charge is 0.342 e. The molecule has 1 saturated heterocycles. The number of esters is 1. The van der Waals surface area contributed by atoms with E-state index in [0.29, 0.717) is 28.7 Å². The second-order valence-corrected chi connectivity index (χ2v) is 7.41. The number of rotatable bonds is 6. The number of methoxy groups -OCH3 is 1. The minimum Gasteiger partial charge on any atom is -0.497 e. The summed E-state index contributed by atoms with van der Waals surface area (Å²) >= 11 is 1.56. The summed E-state index contributed by atoms with van der Waals surface area (Å²) in [6.07, 6.45) is 3.66. The molecule has 2 heterocycles. The molecule has 0 spiro atoms. The SMILES string of the molecule is CCOC(=O)c1c(C)nc(SN2CCCCC2)nc1-c1ccc(OC)cc1. The molecule has 3 rings (SSSR count). The molecule has 0 amide bonds. The number of aryl methyl sites for hydroxylation is 1. The van der Waals surface area contributed by atoms with Crippen LogP contribution in [0.3, 0.4) is 0 Å². The van der Waals surface area contributed by atoms with Crippen LogP contribution in [-0.2, 0) is 4.74 Å². The molecule has 144 valence electrons. The summed E-state index contributed by atoms with van der Waals surface area (Å²) in [6.45, 7) is 6.00. The highest BCUT2D eigenvalue weighted by Crippen LogP contribution is 2.30. The Balaban J connectivity index is 2.00. The summed E-state index contributed by atoms with van der Waals surface area (Å²) in [5, 5.41) is 0.660. The van der Waals surface area contributed by atoms with Crippen LogP contribution in [0.25, 0.3) is 11.3 Å². The van der Waals surface area contributed by atoms with E-state index in [-0.39, 0.29) is 0 Å². The van der Waals surface area contributed by atoms with Gasteiger partial charge in [0, 0.05) is 18.7 Å². The van der Waals surface area contributed by atoms with Crippen molar-refractivity contribution in [1.29, 1.82) is 0 Å². The predicted octanol–water partition coefficient (Wildman–Crippen LogP) is 4.13. The molecule has 6 nitrogen and oxygen atoms in total. The lowest BCUT2D eigenvalue weighted by Gasteiger charge is -2.24. The van der Waals surface area contributed by atoms with Gasteiger partial charge < -0.3 is 9.47 Å². The molecule has 0 atom stereocenters. The fourth-order valence-corrected chi connectivity index (χ4v) is 4.05. The van der Waals surface area contributed by atoms with Gasteiger partial charge in [0.25, 0.3) is 0 Å². The molecular weight excluding hydrogens is 362 g/mol. The molecule has 0 unspecified atom stereocenters. The Labute approximate surface area is 164 Å². The lowest BCUT2D eigenvalue weighted by Crippen LogP contribution is -2.23. The van der Waals surface area contributed by atoms with Crippen LogP contribution in [-0.4, -0.2) is 47.0 Å². The molecule has 0 bridgehead atoms. The lowest BCUT2D eigenvalue weighted by molar-refractivity contribution is 0.0525. The van der Waals surface area contributed by atoms with Crippen LogP contribution >= 0.6 is 11.9 Å². The summed E-state index contributed by atoms with van der Waals surface area (Å²) in [6, 6.07) is 7.52. The zero-order valence-electron chi connectivity index (χ0n) is 16.0. The third-order valence-corrected chi connectivity index (χ3v) is 5.41. The number of nitrogens with zero attached hydrogens (tertiary/aromatic N) is 3. The standard InChI is InChI=1S/C20H25N3O3S/c1-4-26-19(24)17-14(2)21-20(27-23-12-6-5-7-13-23)22-18(17)15-8-10-16(25-3)11-9-15/h8-11H,4-7,12-13H2,1-3H3. The Morgan fingerprint density at radius 3 is 2.48 bits per heavy atom. The molecule has 0 N–H and O–H groups in total. The van der Waals surface area contributed by atoms with Gasteiger partial charge in [-0.2, -0.15) is 0 Å². The molecule has 1 aromatic carbocycles. The van der Waals surface area contributed by atoms with Gasteiger partial charge in [-0.3, -0.25) is 0 Å². The number of piperidine rings is 1. The van der Waals surface area contributed by atoms with Gasteiger partial charge >= 0.3 is 5.97 Å². The summed E-state index contributed by atoms with van der Waals surface area (Å²) in [5.74, 6) is 0.362. The minimum absolute atomic E-state index is 0.310. The van der Waals surface area contributed by atoms with Crippen LogP contribution in [0.4, 0.5) is 0 Å². The van der Waals surface area contributed by atoms with E-state index < -0.39 is 5.97 Å². The van der Waals surface area contributed by atoms with E-state index in [0.717, 1.165) is 24.4 Å². The number of ether oxygens (including phenoxy) is 2. The van der Waals surface area contributed by atoms with Gasteiger partial charge in [-0.1, -0.05) is 6.42 Å². The van der Waals surface area contributed by atoms with Crippen molar-refractivity contribution in [3.63, 3.8) is 0 Å². The van der Waals surface area contributed by atoms with E-state index in [4.69, 9.17) is 14.5 Å². The fourth-order valence-electron chi connectivity index (χ4n) is 3.07. The zero-order chi connectivity index (χ0) is 19.2. The van der Waals surface area contributed by atoms with E-state index in [2.05, 4.69) is 9.29 Å². The largest absolute Gasteiger partial charge is 0.497 e. The van der Waals surface area contributed by atoms with Crippen molar-refractivity contribution in [2.24, 2.45) is 0 Å². The van der Waals surface area contributed by atoms with Crippen molar-refractivity contribution in [2.75, 3.05) is 26.8 Å². The molecule has 7 heteroatoms. The first-order valence-corrected chi connectivity index (χ1v) is 10.0. The lowest BCUT2D eigenvalue weighted by atomic mass is 10.0. The molecule has 0 radical (unpaired) electrons. The van der Waals surface area contributed by atoms with Crippen LogP contribution in [0.5, 0.6) is 5.75 Å². The number of aromatic nitrogens is 2. The van der Waals surface area contributed by atoms with Crippen LogP contribution in [0.15, 0.2) is 29.4 Å². The molecule has 2 aromatic rings. The molecule has 1 aromatic heterocycles. The summed E-state index contributed by atoms with van der Waals surface area (Å²) in [5.41, 5.74) is 2.49.